The van der Waals surface area contributed by atoms with Gasteiger partial charge in [-0.25, -0.2) is 0 Å². The number of pyridine rings is 1. The number of nitrogens with one attached hydrogen (secondary N) is 1. The van der Waals surface area contributed by atoms with Crippen LogP contribution in [0.5, 0.6) is 0 Å². The van der Waals surface area contributed by atoms with E-state index in [1.54, 1.807) is 0 Å². The molecule has 1 heterocycles. The normalized spacial score (nSPS) is 12.8. The number of halogens is 3. The minimum absolute atomic E-state index is 0.120. The Kier molecular flexibility index (Phi) is 4.43. The zero-order valence-corrected chi connectivity index (χ0v) is 9.44. The summed E-state index contributed by atoms with van der Waals surface area (Å²) >= 11 is 0. The van der Waals surface area contributed by atoms with E-state index in [1.807, 2.05) is 0 Å². The van der Waals surface area contributed by atoms with E-state index >= 15 is 0 Å². The maximum absolute atomic E-state index is 12.2. The van der Waals surface area contributed by atoms with Gasteiger partial charge in [0, 0.05) is 12.7 Å². The summed E-state index contributed by atoms with van der Waals surface area (Å²) in [5, 5.41) is 10.6. The van der Waals surface area contributed by atoms with Crippen molar-refractivity contribution in [2.24, 2.45) is 5.73 Å². The number of aliphatic carboxylic acids is 1. The Morgan fingerprint density at radius 2 is 2.05 bits per heavy atom. The molecule has 0 aliphatic heterocycles. The highest BCUT2D eigenvalue weighted by Gasteiger charge is 2.32. The van der Waals surface area contributed by atoms with Crippen LogP contribution in [0.4, 0.5) is 13.2 Å². The summed E-state index contributed by atoms with van der Waals surface area (Å²) in [4.78, 5) is 24.9. The average Bonchev–Trinajstić information content (AvgIpc) is 2.34. The van der Waals surface area contributed by atoms with Crippen LogP contribution in [0.1, 0.15) is 16.1 Å². The molecular formula is C10H10F3N3O3. The fourth-order valence-corrected chi connectivity index (χ4v) is 1.09. The van der Waals surface area contributed by atoms with Gasteiger partial charge in [-0.15, -0.1) is 0 Å². The third-order valence-electron chi connectivity index (χ3n) is 2.12. The van der Waals surface area contributed by atoms with Crippen LogP contribution in [-0.4, -0.2) is 34.6 Å². The standard InChI is InChI=1S/C10H10F3N3O3/c11-10(12,13)7-2-1-5(3-15-7)8(17)16-4-6(14)9(18)19/h1-3,6H,4,14H2,(H,16,17)(H,18,19). The molecule has 1 rings (SSSR count). The van der Waals surface area contributed by atoms with E-state index in [0.717, 1.165) is 12.3 Å². The van der Waals surface area contributed by atoms with Crippen molar-refractivity contribution >= 4 is 11.9 Å². The van der Waals surface area contributed by atoms with Crippen molar-refractivity contribution in [3.8, 4) is 0 Å². The van der Waals surface area contributed by atoms with Gasteiger partial charge in [0.1, 0.15) is 11.7 Å². The van der Waals surface area contributed by atoms with Crippen molar-refractivity contribution in [3.05, 3.63) is 29.6 Å². The number of carboxylic acid groups (broad SMARTS) is 1. The van der Waals surface area contributed by atoms with Crippen molar-refractivity contribution in [3.63, 3.8) is 0 Å². The highest BCUT2D eigenvalue weighted by molar-refractivity contribution is 5.94. The first-order valence-corrected chi connectivity index (χ1v) is 5.01. The Hall–Kier alpha value is -2.16. The largest absolute Gasteiger partial charge is 0.480 e. The SMILES string of the molecule is NC(CNC(=O)c1ccc(C(F)(F)F)nc1)C(=O)O. The van der Waals surface area contributed by atoms with E-state index in [2.05, 4.69) is 10.3 Å². The highest BCUT2D eigenvalue weighted by Crippen LogP contribution is 2.27. The summed E-state index contributed by atoms with van der Waals surface area (Å²) in [7, 11) is 0. The first-order chi connectivity index (χ1) is 8.71. The van der Waals surface area contributed by atoms with E-state index in [-0.39, 0.29) is 12.1 Å². The minimum atomic E-state index is -4.58. The fraction of sp³-hybridized carbons (Fsp3) is 0.300. The third kappa shape index (κ3) is 4.21. The number of alkyl halides is 3. The van der Waals surface area contributed by atoms with Crippen molar-refractivity contribution in [1.29, 1.82) is 0 Å². The fourth-order valence-electron chi connectivity index (χ4n) is 1.09. The number of aromatic nitrogens is 1. The molecule has 4 N–H and O–H groups in total. The number of carbonyl (C=O) groups is 2. The number of hydrogen-bond donors (Lipinski definition) is 3. The summed E-state index contributed by atoms with van der Waals surface area (Å²) in [6.07, 6.45) is -3.83. The number of rotatable bonds is 4. The van der Waals surface area contributed by atoms with Crippen LogP contribution in [0.3, 0.4) is 0 Å². The molecule has 0 fully saturated rings. The molecule has 1 aromatic rings. The molecule has 1 amide bonds. The molecule has 104 valence electrons. The molecule has 6 nitrogen and oxygen atoms in total. The molecule has 0 spiro atoms. The van der Waals surface area contributed by atoms with Crippen LogP contribution < -0.4 is 11.1 Å². The van der Waals surface area contributed by atoms with E-state index < -0.39 is 29.8 Å². The van der Waals surface area contributed by atoms with Crippen molar-refractivity contribution in [1.82, 2.24) is 10.3 Å². The zero-order chi connectivity index (χ0) is 14.6. The lowest BCUT2D eigenvalue weighted by atomic mass is 10.2. The smallest absolute Gasteiger partial charge is 0.433 e. The van der Waals surface area contributed by atoms with Crippen LogP contribution in [0.2, 0.25) is 0 Å². The van der Waals surface area contributed by atoms with E-state index in [9.17, 15) is 22.8 Å². The summed E-state index contributed by atoms with van der Waals surface area (Å²) in [5.74, 6) is -2.05. The zero-order valence-electron chi connectivity index (χ0n) is 9.44. The number of amides is 1. The molecule has 19 heavy (non-hydrogen) atoms. The maximum atomic E-state index is 12.2. The van der Waals surface area contributed by atoms with Gasteiger partial charge in [0.15, 0.2) is 0 Å². The van der Waals surface area contributed by atoms with Crippen molar-refractivity contribution in [2.45, 2.75) is 12.2 Å². The molecule has 1 aromatic heterocycles. The molecule has 0 bridgehead atoms. The maximum Gasteiger partial charge on any atom is 0.433 e. The van der Waals surface area contributed by atoms with Crippen LogP contribution in [0, 0.1) is 0 Å². The monoisotopic (exact) mass is 277 g/mol. The third-order valence-corrected chi connectivity index (χ3v) is 2.12. The Morgan fingerprint density at radius 3 is 2.47 bits per heavy atom. The van der Waals surface area contributed by atoms with Gasteiger partial charge in [-0.05, 0) is 12.1 Å². The van der Waals surface area contributed by atoms with E-state index in [1.165, 1.54) is 0 Å². The van der Waals surface area contributed by atoms with Gasteiger partial charge >= 0.3 is 12.1 Å². The number of hydrogen-bond acceptors (Lipinski definition) is 4. The van der Waals surface area contributed by atoms with Gasteiger partial charge in [0.05, 0.1) is 5.56 Å². The second-order valence-electron chi connectivity index (χ2n) is 3.58. The quantitative estimate of drug-likeness (QED) is 0.731. The highest BCUT2D eigenvalue weighted by atomic mass is 19.4. The first-order valence-electron chi connectivity index (χ1n) is 5.01. The summed E-state index contributed by atoms with van der Waals surface area (Å²) < 4.78 is 36.7. The van der Waals surface area contributed by atoms with Crippen molar-refractivity contribution in [2.75, 3.05) is 6.54 Å². The van der Waals surface area contributed by atoms with Crippen LogP contribution in [0.25, 0.3) is 0 Å². The molecule has 0 radical (unpaired) electrons. The van der Waals surface area contributed by atoms with Gasteiger partial charge in [0.2, 0.25) is 0 Å². The predicted octanol–water partition coefficient (Wildman–Crippen LogP) is 0.242. The number of carboxylic acids is 1. The Labute approximate surface area is 105 Å². The van der Waals surface area contributed by atoms with Gasteiger partial charge in [0.25, 0.3) is 5.91 Å². The molecule has 0 aliphatic rings. The predicted molar refractivity (Wildman–Crippen MR) is 57.2 cm³/mol. The topological polar surface area (TPSA) is 105 Å². The van der Waals surface area contributed by atoms with Gasteiger partial charge in [-0.3, -0.25) is 14.6 Å². The van der Waals surface area contributed by atoms with Gasteiger partial charge in [-0.1, -0.05) is 0 Å². The van der Waals surface area contributed by atoms with Crippen molar-refractivity contribution < 1.29 is 27.9 Å². The average molecular weight is 277 g/mol. The Bertz CT molecular complexity index is 473. The minimum Gasteiger partial charge on any atom is -0.480 e. The van der Waals surface area contributed by atoms with Crippen LogP contribution in [-0.2, 0) is 11.0 Å². The van der Waals surface area contributed by atoms with E-state index in [0.29, 0.717) is 6.07 Å². The Morgan fingerprint density at radius 1 is 1.42 bits per heavy atom. The van der Waals surface area contributed by atoms with Gasteiger partial charge in [-0.2, -0.15) is 13.2 Å². The number of carbonyl (C=O) groups excluding carboxylic acids is 1. The molecule has 0 saturated heterocycles. The summed E-state index contributed by atoms with van der Waals surface area (Å²) in [6.45, 7) is -0.338. The summed E-state index contributed by atoms with van der Waals surface area (Å²) in [5.41, 5.74) is 3.91. The lowest BCUT2D eigenvalue weighted by molar-refractivity contribution is -0.141. The number of nitrogens with zero attached hydrogens (tertiary/aromatic N) is 1. The lowest BCUT2D eigenvalue weighted by Gasteiger charge is -2.09. The lowest BCUT2D eigenvalue weighted by Crippen LogP contribution is -2.42. The number of nitrogens with two attached hydrogens (primary N) is 1. The first kappa shape index (κ1) is 14.9. The molecule has 9 heteroatoms. The molecule has 0 saturated carbocycles. The van der Waals surface area contributed by atoms with Gasteiger partial charge < -0.3 is 16.2 Å². The summed E-state index contributed by atoms with van der Waals surface area (Å²) in [6, 6.07) is 0.315. The Balaban J connectivity index is 2.66. The van der Waals surface area contributed by atoms with E-state index in [4.69, 9.17) is 10.8 Å². The second kappa shape index (κ2) is 5.65. The molecule has 0 aromatic carbocycles. The molecule has 0 aliphatic carbocycles. The van der Waals surface area contributed by atoms with Crippen LogP contribution >= 0.6 is 0 Å². The second-order valence-corrected chi connectivity index (χ2v) is 3.58. The molecular weight excluding hydrogens is 267 g/mol. The molecule has 1 unspecified atom stereocenters. The molecule has 1 atom stereocenters. The van der Waals surface area contributed by atoms with Crippen LogP contribution in [0.15, 0.2) is 18.3 Å².